The summed E-state index contributed by atoms with van der Waals surface area (Å²) >= 11 is 0. The molecule has 0 aliphatic heterocycles. The Morgan fingerprint density at radius 3 is 2.84 bits per heavy atom. The van der Waals surface area contributed by atoms with Crippen LogP contribution >= 0.6 is 0 Å². The summed E-state index contributed by atoms with van der Waals surface area (Å²) in [6, 6.07) is 3.50. The van der Waals surface area contributed by atoms with Crippen LogP contribution in [0.1, 0.15) is 31.8 Å². The Hall–Kier alpha value is -1.75. The van der Waals surface area contributed by atoms with Crippen molar-refractivity contribution in [1.29, 1.82) is 0 Å². The number of pyridine rings is 1. The fraction of sp³-hybridized carbons (Fsp3) is 0.429. The third kappa shape index (κ3) is 3.38. The predicted molar refractivity (Wildman–Crippen MR) is 73.1 cm³/mol. The number of hydrogen-bond acceptors (Lipinski definition) is 3. The quantitative estimate of drug-likeness (QED) is 0.871. The van der Waals surface area contributed by atoms with Crippen molar-refractivity contribution in [3.63, 3.8) is 0 Å². The van der Waals surface area contributed by atoms with Gasteiger partial charge >= 0.3 is 0 Å². The Morgan fingerprint density at radius 2 is 2.21 bits per heavy atom. The van der Waals surface area contributed by atoms with E-state index in [4.69, 9.17) is 0 Å². The van der Waals surface area contributed by atoms with Gasteiger partial charge in [-0.05, 0) is 32.4 Å². The lowest BCUT2D eigenvalue weighted by atomic mass is 10.2. The summed E-state index contributed by atoms with van der Waals surface area (Å²) in [5.74, 6) is 0.537. The second-order valence-electron chi connectivity index (χ2n) is 4.71. The normalized spacial score (nSPS) is 12.6. The zero-order valence-corrected chi connectivity index (χ0v) is 11.5. The van der Waals surface area contributed by atoms with Crippen molar-refractivity contribution < 1.29 is 4.39 Å². The van der Waals surface area contributed by atoms with Gasteiger partial charge in [0.2, 0.25) is 0 Å². The minimum absolute atomic E-state index is 0.337. The van der Waals surface area contributed by atoms with Gasteiger partial charge in [0.15, 0.2) is 0 Å². The van der Waals surface area contributed by atoms with Gasteiger partial charge in [-0.15, -0.1) is 0 Å². The molecule has 2 aromatic heterocycles. The lowest BCUT2D eigenvalue weighted by Gasteiger charge is -2.08. The van der Waals surface area contributed by atoms with Crippen LogP contribution in [0.25, 0.3) is 11.4 Å². The highest BCUT2D eigenvalue weighted by Gasteiger charge is 2.10. The second kappa shape index (κ2) is 5.93. The summed E-state index contributed by atoms with van der Waals surface area (Å²) in [6.07, 6.45) is 2.28. The average Bonchev–Trinajstić information content (AvgIpc) is 2.78. The average molecular weight is 262 g/mol. The van der Waals surface area contributed by atoms with E-state index in [1.165, 1.54) is 12.3 Å². The van der Waals surface area contributed by atoms with Crippen LogP contribution in [0.5, 0.6) is 0 Å². The fourth-order valence-corrected chi connectivity index (χ4v) is 1.79. The van der Waals surface area contributed by atoms with E-state index in [-0.39, 0.29) is 5.82 Å². The van der Waals surface area contributed by atoms with Crippen LogP contribution in [0.2, 0.25) is 0 Å². The summed E-state index contributed by atoms with van der Waals surface area (Å²) in [5.41, 5.74) is 2.41. The molecule has 1 unspecified atom stereocenters. The maximum atomic E-state index is 12.9. The van der Waals surface area contributed by atoms with Gasteiger partial charge in [0, 0.05) is 11.7 Å². The van der Waals surface area contributed by atoms with Gasteiger partial charge in [-0.25, -0.2) is 9.37 Å². The fourth-order valence-electron chi connectivity index (χ4n) is 1.79. The van der Waals surface area contributed by atoms with Gasteiger partial charge in [0.25, 0.3) is 0 Å². The van der Waals surface area contributed by atoms with Crippen LogP contribution in [0.15, 0.2) is 18.3 Å². The minimum Gasteiger partial charge on any atom is -0.344 e. The third-order valence-electron chi connectivity index (χ3n) is 3.13. The van der Waals surface area contributed by atoms with Crippen LogP contribution in [0.3, 0.4) is 0 Å². The van der Waals surface area contributed by atoms with Gasteiger partial charge in [-0.3, -0.25) is 4.98 Å². The molecule has 0 saturated heterocycles. The van der Waals surface area contributed by atoms with E-state index >= 15 is 0 Å². The van der Waals surface area contributed by atoms with Crippen LogP contribution in [0, 0.1) is 12.7 Å². The topological polar surface area (TPSA) is 53.6 Å². The Balaban J connectivity index is 2.14. The summed E-state index contributed by atoms with van der Waals surface area (Å²) in [4.78, 5) is 11.8. The summed E-state index contributed by atoms with van der Waals surface area (Å²) in [7, 11) is 0. The number of nitrogens with zero attached hydrogens (tertiary/aromatic N) is 2. The molecule has 1 atom stereocenters. The molecule has 2 rings (SSSR count). The van der Waals surface area contributed by atoms with E-state index in [1.807, 2.05) is 6.92 Å². The highest BCUT2D eigenvalue weighted by molar-refractivity contribution is 5.56. The zero-order valence-electron chi connectivity index (χ0n) is 11.5. The number of aromatic nitrogens is 3. The van der Waals surface area contributed by atoms with Crippen molar-refractivity contribution in [3.05, 3.63) is 35.7 Å². The molecule has 0 aromatic carbocycles. The highest BCUT2D eigenvalue weighted by atomic mass is 19.1. The first-order chi connectivity index (χ1) is 9.10. The molecule has 0 aliphatic rings. The summed E-state index contributed by atoms with van der Waals surface area (Å²) < 4.78 is 12.9. The standard InChI is InChI=1S/C14H19FN4/c1-4-9(2)16-8-13-18-10(3)14(19-13)12-6-5-11(15)7-17-12/h5-7,9,16H,4,8H2,1-3H3,(H,18,19). The maximum absolute atomic E-state index is 12.9. The highest BCUT2D eigenvalue weighted by Crippen LogP contribution is 2.18. The van der Waals surface area contributed by atoms with Crippen LogP contribution < -0.4 is 5.32 Å². The van der Waals surface area contributed by atoms with E-state index in [1.54, 1.807) is 6.07 Å². The molecule has 0 amide bonds. The molecule has 2 aromatic rings. The van der Waals surface area contributed by atoms with Crippen molar-refractivity contribution in [3.8, 4) is 11.4 Å². The largest absolute Gasteiger partial charge is 0.344 e. The molecular formula is C14H19FN4. The van der Waals surface area contributed by atoms with E-state index in [2.05, 4.69) is 34.1 Å². The van der Waals surface area contributed by atoms with Crippen molar-refractivity contribution in [1.82, 2.24) is 20.3 Å². The monoisotopic (exact) mass is 262 g/mol. The third-order valence-corrected chi connectivity index (χ3v) is 3.13. The smallest absolute Gasteiger partial charge is 0.141 e. The maximum Gasteiger partial charge on any atom is 0.141 e. The molecule has 0 saturated carbocycles. The lowest BCUT2D eigenvalue weighted by molar-refractivity contribution is 0.524. The Kier molecular flexibility index (Phi) is 4.27. The minimum atomic E-state index is -0.337. The Bertz CT molecular complexity index is 533. The molecule has 0 radical (unpaired) electrons. The Morgan fingerprint density at radius 1 is 1.42 bits per heavy atom. The molecule has 5 heteroatoms. The van der Waals surface area contributed by atoms with Gasteiger partial charge in [0.05, 0.1) is 18.4 Å². The number of aromatic amines is 1. The predicted octanol–water partition coefficient (Wildman–Crippen LogP) is 2.81. The number of rotatable bonds is 5. The molecule has 2 heterocycles. The number of hydrogen-bond donors (Lipinski definition) is 2. The molecule has 102 valence electrons. The molecule has 0 fully saturated rings. The molecule has 0 spiro atoms. The zero-order chi connectivity index (χ0) is 13.8. The van der Waals surface area contributed by atoms with Crippen LogP contribution in [0.4, 0.5) is 4.39 Å². The van der Waals surface area contributed by atoms with Crippen molar-refractivity contribution in [2.45, 2.75) is 39.8 Å². The summed E-state index contributed by atoms with van der Waals surface area (Å²) in [6.45, 7) is 6.91. The van der Waals surface area contributed by atoms with Crippen molar-refractivity contribution >= 4 is 0 Å². The van der Waals surface area contributed by atoms with Crippen molar-refractivity contribution in [2.24, 2.45) is 0 Å². The van der Waals surface area contributed by atoms with Crippen LogP contribution in [-0.2, 0) is 6.54 Å². The van der Waals surface area contributed by atoms with Gasteiger partial charge in [-0.2, -0.15) is 0 Å². The number of H-pyrrole nitrogens is 1. The SMILES string of the molecule is CCC(C)NCc1nc(-c2ccc(F)cn2)c(C)[nH]1. The van der Waals surface area contributed by atoms with Crippen molar-refractivity contribution in [2.75, 3.05) is 0 Å². The first kappa shape index (κ1) is 13.7. The second-order valence-corrected chi connectivity index (χ2v) is 4.71. The number of aryl methyl sites for hydroxylation is 1. The molecule has 4 nitrogen and oxygen atoms in total. The lowest BCUT2D eigenvalue weighted by Crippen LogP contribution is -2.24. The number of halogens is 1. The molecule has 19 heavy (non-hydrogen) atoms. The number of imidazole rings is 1. The van der Waals surface area contributed by atoms with Gasteiger partial charge < -0.3 is 10.3 Å². The first-order valence-electron chi connectivity index (χ1n) is 6.51. The summed E-state index contributed by atoms with van der Waals surface area (Å²) in [5, 5.41) is 3.38. The van der Waals surface area contributed by atoms with E-state index in [0.717, 1.165) is 23.6 Å². The molecular weight excluding hydrogens is 243 g/mol. The van der Waals surface area contributed by atoms with Gasteiger partial charge in [-0.1, -0.05) is 6.92 Å². The van der Waals surface area contributed by atoms with E-state index in [0.29, 0.717) is 18.3 Å². The van der Waals surface area contributed by atoms with Gasteiger partial charge in [0.1, 0.15) is 17.3 Å². The van der Waals surface area contributed by atoms with Crippen LogP contribution in [-0.4, -0.2) is 21.0 Å². The Labute approximate surface area is 112 Å². The number of nitrogens with one attached hydrogen (secondary N) is 2. The molecule has 0 bridgehead atoms. The molecule has 2 N–H and O–H groups in total. The van der Waals surface area contributed by atoms with E-state index in [9.17, 15) is 4.39 Å². The van der Waals surface area contributed by atoms with E-state index < -0.39 is 0 Å². The molecule has 0 aliphatic carbocycles. The first-order valence-corrected chi connectivity index (χ1v) is 6.51.